The summed E-state index contributed by atoms with van der Waals surface area (Å²) >= 11 is 0. The van der Waals surface area contributed by atoms with E-state index in [1.54, 1.807) is 0 Å². The van der Waals surface area contributed by atoms with Crippen LogP contribution in [0.5, 0.6) is 0 Å². The monoisotopic (exact) mass is 339 g/mol. The zero-order valence-corrected chi connectivity index (χ0v) is 14.5. The van der Waals surface area contributed by atoms with E-state index < -0.39 is 0 Å². The number of piperazine rings is 1. The number of aromatic amines is 1. The molecule has 0 bridgehead atoms. The van der Waals surface area contributed by atoms with Gasteiger partial charge in [-0.15, -0.1) is 0 Å². The minimum absolute atomic E-state index is 0.0110. The highest BCUT2D eigenvalue weighted by Crippen LogP contribution is 2.27. The average molecular weight is 339 g/mol. The number of aromatic nitrogens is 1. The number of pyridine rings is 1. The van der Waals surface area contributed by atoms with Gasteiger partial charge in [0.1, 0.15) is 0 Å². The van der Waals surface area contributed by atoms with Crippen LogP contribution in [-0.4, -0.2) is 46.9 Å². The molecule has 1 aliphatic carbocycles. The molecule has 5 heteroatoms. The topological polar surface area (TPSA) is 56.4 Å². The molecule has 1 N–H and O–H groups in total. The highest BCUT2D eigenvalue weighted by Gasteiger charge is 2.29. The highest BCUT2D eigenvalue weighted by molar-refractivity contribution is 5.79. The van der Waals surface area contributed by atoms with E-state index in [-0.39, 0.29) is 11.5 Å². The van der Waals surface area contributed by atoms with Gasteiger partial charge in [-0.05, 0) is 30.4 Å². The number of amides is 1. The molecule has 0 radical (unpaired) electrons. The summed E-state index contributed by atoms with van der Waals surface area (Å²) in [6.07, 6.45) is 4.51. The molecule has 2 fully saturated rings. The quantitative estimate of drug-likeness (QED) is 0.934. The van der Waals surface area contributed by atoms with Crippen LogP contribution >= 0.6 is 0 Å². The maximum Gasteiger partial charge on any atom is 0.252 e. The fourth-order valence-electron chi connectivity index (χ4n) is 4.11. The number of fused-ring (bicyclic) bond motifs is 1. The number of nitrogens with zero attached hydrogens (tertiary/aromatic N) is 2. The van der Waals surface area contributed by atoms with Crippen LogP contribution in [0.1, 0.15) is 31.2 Å². The summed E-state index contributed by atoms with van der Waals surface area (Å²) in [5.41, 5.74) is 1.67. The van der Waals surface area contributed by atoms with Crippen molar-refractivity contribution >= 4 is 16.8 Å². The lowest BCUT2D eigenvalue weighted by Gasteiger charge is -2.35. The van der Waals surface area contributed by atoms with Crippen molar-refractivity contribution in [1.29, 1.82) is 0 Å². The van der Waals surface area contributed by atoms with Gasteiger partial charge in [0.2, 0.25) is 5.91 Å². The van der Waals surface area contributed by atoms with Crippen LogP contribution in [0.15, 0.2) is 35.1 Å². The Morgan fingerprint density at radius 3 is 2.56 bits per heavy atom. The Morgan fingerprint density at radius 2 is 1.80 bits per heavy atom. The van der Waals surface area contributed by atoms with Gasteiger partial charge in [0.15, 0.2) is 0 Å². The maximum atomic E-state index is 12.5. The predicted molar refractivity (Wildman–Crippen MR) is 98.4 cm³/mol. The van der Waals surface area contributed by atoms with Crippen molar-refractivity contribution in [2.45, 2.75) is 32.2 Å². The van der Waals surface area contributed by atoms with Gasteiger partial charge in [0.05, 0.1) is 0 Å². The largest absolute Gasteiger partial charge is 0.340 e. The first-order valence-electron chi connectivity index (χ1n) is 9.33. The van der Waals surface area contributed by atoms with Gasteiger partial charge in [0, 0.05) is 49.7 Å². The van der Waals surface area contributed by atoms with Gasteiger partial charge in [-0.1, -0.05) is 31.0 Å². The lowest BCUT2D eigenvalue weighted by Crippen LogP contribution is -2.50. The molecule has 25 heavy (non-hydrogen) atoms. The minimum Gasteiger partial charge on any atom is -0.340 e. The summed E-state index contributed by atoms with van der Waals surface area (Å²) in [6.45, 7) is 3.88. The summed E-state index contributed by atoms with van der Waals surface area (Å²) < 4.78 is 0. The van der Waals surface area contributed by atoms with E-state index >= 15 is 0 Å². The Kier molecular flexibility index (Phi) is 4.57. The summed E-state index contributed by atoms with van der Waals surface area (Å²) in [5, 5.41) is 1.06. The van der Waals surface area contributed by atoms with Crippen molar-refractivity contribution in [1.82, 2.24) is 14.8 Å². The second kappa shape index (κ2) is 7.00. The first-order chi connectivity index (χ1) is 12.2. The van der Waals surface area contributed by atoms with Crippen molar-refractivity contribution in [3.63, 3.8) is 0 Å². The van der Waals surface area contributed by atoms with Crippen LogP contribution in [0, 0.1) is 5.92 Å². The average Bonchev–Trinajstić information content (AvgIpc) is 3.17. The summed E-state index contributed by atoms with van der Waals surface area (Å²) in [5.74, 6) is 0.607. The van der Waals surface area contributed by atoms with Crippen LogP contribution in [-0.2, 0) is 11.3 Å². The van der Waals surface area contributed by atoms with Crippen molar-refractivity contribution in [2.75, 3.05) is 26.2 Å². The number of H-pyrrole nitrogens is 1. The van der Waals surface area contributed by atoms with Crippen LogP contribution < -0.4 is 5.56 Å². The molecule has 1 aromatic carbocycles. The summed E-state index contributed by atoms with van der Waals surface area (Å²) in [4.78, 5) is 32.1. The summed E-state index contributed by atoms with van der Waals surface area (Å²) in [6, 6.07) is 9.85. The number of carbonyl (C=O) groups is 1. The lowest BCUT2D eigenvalue weighted by molar-refractivity contribution is -0.137. The molecule has 132 valence electrons. The highest BCUT2D eigenvalue weighted by atomic mass is 16.2. The number of benzene rings is 1. The number of hydrogen-bond acceptors (Lipinski definition) is 3. The molecule has 4 rings (SSSR count). The molecule has 2 aromatic rings. The molecular weight excluding hydrogens is 314 g/mol. The molecule has 0 spiro atoms. The van der Waals surface area contributed by atoms with E-state index in [0.29, 0.717) is 12.5 Å². The van der Waals surface area contributed by atoms with Gasteiger partial charge in [-0.25, -0.2) is 0 Å². The molecule has 5 nitrogen and oxygen atoms in total. The van der Waals surface area contributed by atoms with E-state index in [1.165, 1.54) is 12.8 Å². The molecule has 1 amide bonds. The number of para-hydroxylation sites is 1. The van der Waals surface area contributed by atoms with Gasteiger partial charge in [-0.3, -0.25) is 14.5 Å². The van der Waals surface area contributed by atoms with Crippen molar-refractivity contribution in [3.8, 4) is 0 Å². The fourth-order valence-corrected chi connectivity index (χ4v) is 4.11. The van der Waals surface area contributed by atoms with E-state index in [9.17, 15) is 9.59 Å². The number of rotatable bonds is 3. The van der Waals surface area contributed by atoms with Gasteiger partial charge in [-0.2, -0.15) is 0 Å². The number of nitrogens with one attached hydrogen (secondary N) is 1. The van der Waals surface area contributed by atoms with Gasteiger partial charge < -0.3 is 9.88 Å². The van der Waals surface area contributed by atoms with E-state index in [4.69, 9.17) is 0 Å². The molecule has 1 aromatic heterocycles. The lowest BCUT2D eigenvalue weighted by atomic mass is 10.1. The Hall–Kier alpha value is -2.14. The normalized spacial score (nSPS) is 19.6. The van der Waals surface area contributed by atoms with Gasteiger partial charge >= 0.3 is 0 Å². The zero-order chi connectivity index (χ0) is 17.2. The molecule has 0 unspecified atom stereocenters. The molecule has 1 aliphatic heterocycles. The first-order valence-corrected chi connectivity index (χ1v) is 9.33. The SMILES string of the molecule is O=C(C1CCCC1)N1CCN(Cc2cc3ccccc3[nH]c2=O)CC1. The fraction of sp³-hybridized carbons (Fsp3) is 0.500. The van der Waals surface area contributed by atoms with Crippen LogP contribution in [0.3, 0.4) is 0 Å². The van der Waals surface area contributed by atoms with Crippen LogP contribution in [0.4, 0.5) is 0 Å². The Bertz CT molecular complexity index is 815. The summed E-state index contributed by atoms with van der Waals surface area (Å²) in [7, 11) is 0. The Labute approximate surface area is 147 Å². The molecule has 2 aliphatic rings. The standard InChI is InChI=1S/C20H25N3O2/c24-19-17(13-16-7-3-4-8-18(16)21-19)14-22-9-11-23(12-10-22)20(25)15-5-1-2-6-15/h3-4,7-8,13,15H,1-2,5-6,9-12,14H2,(H,21,24). The molecule has 1 saturated carbocycles. The Balaban J connectivity index is 1.39. The third-order valence-corrected chi connectivity index (χ3v) is 5.61. The third kappa shape index (κ3) is 3.47. The second-order valence-electron chi connectivity index (χ2n) is 7.29. The second-order valence-corrected chi connectivity index (χ2v) is 7.29. The van der Waals surface area contributed by atoms with E-state index in [1.807, 2.05) is 35.2 Å². The van der Waals surface area contributed by atoms with E-state index in [2.05, 4.69) is 9.88 Å². The molecule has 2 heterocycles. The Morgan fingerprint density at radius 1 is 1.08 bits per heavy atom. The maximum absolute atomic E-state index is 12.5. The van der Waals surface area contributed by atoms with E-state index in [0.717, 1.165) is 55.5 Å². The molecule has 0 atom stereocenters. The van der Waals surface area contributed by atoms with Gasteiger partial charge in [0.25, 0.3) is 5.56 Å². The molecule has 1 saturated heterocycles. The smallest absolute Gasteiger partial charge is 0.252 e. The number of carbonyl (C=O) groups excluding carboxylic acids is 1. The zero-order valence-electron chi connectivity index (χ0n) is 14.5. The number of hydrogen-bond donors (Lipinski definition) is 1. The first kappa shape index (κ1) is 16.3. The minimum atomic E-state index is -0.0110. The van der Waals surface area contributed by atoms with Crippen LogP contribution in [0.25, 0.3) is 10.9 Å². The predicted octanol–water partition coefficient (Wildman–Crippen LogP) is 2.36. The van der Waals surface area contributed by atoms with Crippen LogP contribution in [0.2, 0.25) is 0 Å². The van der Waals surface area contributed by atoms with Crippen molar-refractivity contribution in [3.05, 3.63) is 46.2 Å². The van der Waals surface area contributed by atoms with Crippen molar-refractivity contribution in [2.24, 2.45) is 5.92 Å². The third-order valence-electron chi connectivity index (χ3n) is 5.61. The van der Waals surface area contributed by atoms with Crippen molar-refractivity contribution < 1.29 is 4.79 Å². The molecular formula is C20H25N3O2.